The van der Waals surface area contributed by atoms with Crippen molar-refractivity contribution in [2.24, 2.45) is 0 Å². The highest BCUT2D eigenvalue weighted by molar-refractivity contribution is 5.93. The fraction of sp³-hybridized carbons (Fsp3) is 0.267. The molecule has 178 valence electrons. The number of carbonyl (C=O) groups is 1. The van der Waals surface area contributed by atoms with Gasteiger partial charge in [0.15, 0.2) is 0 Å². The molecule has 0 saturated carbocycles. The number of imidazole rings is 1. The molecule has 0 spiro atoms. The number of carbonyl (C=O) groups excluding carboxylic acids is 1. The lowest BCUT2D eigenvalue weighted by molar-refractivity contribution is -0.116. The normalized spacial score (nSPS) is 12.7. The number of amides is 1. The van der Waals surface area contributed by atoms with Crippen molar-refractivity contribution in [1.29, 1.82) is 0 Å². The van der Waals surface area contributed by atoms with E-state index in [0.29, 0.717) is 12.3 Å². The summed E-state index contributed by atoms with van der Waals surface area (Å²) in [6, 6.07) is 22.4. The molecule has 1 aliphatic rings. The molecule has 1 aromatic heterocycles. The maximum Gasteiger partial charge on any atom is 0.225 e. The van der Waals surface area contributed by atoms with Crippen LogP contribution in [0.4, 0.5) is 5.69 Å². The van der Waals surface area contributed by atoms with Crippen LogP contribution < -0.4 is 10.1 Å². The van der Waals surface area contributed by atoms with Crippen LogP contribution in [-0.4, -0.2) is 15.5 Å². The first-order chi connectivity index (χ1) is 17.1. The number of ether oxygens (including phenoxy) is 1. The lowest BCUT2D eigenvalue weighted by Crippen LogP contribution is -2.20. The fourth-order valence-corrected chi connectivity index (χ4v) is 4.94. The predicted molar refractivity (Wildman–Crippen MR) is 139 cm³/mol. The van der Waals surface area contributed by atoms with Gasteiger partial charge in [-0.15, -0.1) is 0 Å². The number of benzene rings is 3. The van der Waals surface area contributed by atoms with E-state index in [9.17, 15) is 4.79 Å². The Labute approximate surface area is 206 Å². The summed E-state index contributed by atoms with van der Waals surface area (Å²) in [5, 5.41) is 3.31. The summed E-state index contributed by atoms with van der Waals surface area (Å²) in [6.07, 6.45) is 7.85. The highest BCUT2D eigenvalue weighted by Crippen LogP contribution is 2.45. The number of hydrogen-bond acceptors (Lipinski definition) is 3. The second-order valence-electron chi connectivity index (χ2n) is 9.42. The molecule has 0 atom stereocenters. The Balaban J connectivity index is 1.38. The van der Waals surface area contributed by atoms with Crippen LogP contribution in [0.25, 0.3) is 0 Å². The third-order valence-corrected chi connectivity index (χ3v) is 6.69. The van der Waals surface area contributed by atoms with Gasteiger partial charge in [0.25, 0.3) is 0 Å². The smallest absolute Gasteiger partial charge is 0.225 e. The molecule has 0 unspecified atom stereocenters. The van der Waals surface area contributed by atoms with Gasteiger partial charge in [-0.3, -0.25) is 4.79 Å². The first-order valence-corrected chi connectivity index (χ1v) is 12.3. The van der Waals surface area contributed by atoms with E-state index in [-0.39, 0.29) is 11.8 Å². The van der Waals surface area contributed by atoms with Crippen LogP contribution in [0, 0.1) is 0 Å². The SMILES string of the molecule is CC(C)c1cccc(CCCn2ccnc2)c1NC(=O)CC1c2ccccc2Oc2ccccc21. The summed E-state index contributed by atoms with van der Waals surface area (Å²) in [5.41, 5.74) is 5.42. The second kappa shape index (κ2) is 10.2. The molecule has 0 fully saturated rings. The van der Waals surface area contributed by atoms with Crippen molar-refractivity contribution in [2.75, 3.05) is 5.32 Å². The van der Waals surface area contributed by atoms with Gasteiger partial charge in [-0.05, 0) is 42.0 Å². The summed E-state index contributed by atoms with van der Waals surface area (Å²) >= 11 is 0. The third kappa shape index (κ3) is 4.99. The van der Waals surface area contributed by atoms with Crippen molar-refractivity contribution < 1.29 is 9.53 Å². The zero-order valence-electron chi connectivity index (χ0n) is 20.3. The maximum atomic E-state index is 13.5. The Morgan fingerprint density at radius 1 is 1.00 bits per heavy atom. The van der Waals surface area contributed by atoms with Gasteiger partial charge in [0, 0.05) is 48.1 Å². The van der Waals surface area contributed by atoms with Crippen LogP contribution in [0.15, 0.2) is 85.5 Å². The molecule has 2 heterocycles. The molecular weight excluding hydrogens is 434 g/mol. The summed E-state index contributed by atoms with van der Waals surface area (Å²) in [7, 11) is 0. The van der Waals surface area contributed by atoms with Crippen molar-refractivity contribution in [3.05, 3.63) is 108 Å². The van der Waals surface area contributed by atoms with Crippen LogP contribution in [0.3, 0.4) is 0 Å². The van der Waals surface area contributed by atoms with Gasteiger partial charge in [0.1, 0.15) is 11.5 Å². The minimum atomic E-state index is -0.0490. The number of rotatable bonds is 8. The molecule has 0 saturated heterocycles. The molecular formula is C30H31N3O2. The average molecular weight is 466 g/mol. The number of hydrogen-bond donors (Lipinski definition) is 1. The van der Waals surface area contributed by atoms with E-state index in [1.807, 2.05) is 48.9 Å². The standard InChI is InChI=1S/C30H31N3O2/c1-21(2)23-13-7-9-22(10-8-17-33-18-16-31-20-33)30(23)32-29(34)19-26-24-11-3-5-14-27(24)35-28-15-6-4-12-25(26)28/h3-7,9,11-16,18,20-21,26H,8,10,17,19H2,1-2H3,(H,32,34). The molecule has 1 amide bonds. The van der Waals surface area contributed by atoms with Gasteiger partial charge in [-0.2, -0.15) is 0 Å². The number of nitrogens with zero attached hydrogens (tertiary/aromatic N) is 2. The molecule has 5 nitrogen and oxygen atoms in total. The van der Waals surface area contributed by atoms with E-state index in [1.165, 1.54) is 11.1 Å². The molecule has 0 aliphatic carbocycles. The van der Waals surface area contributed by atoms with E-state index in [0.717, 1.165) is 47.7 Å². The summed E-state index contributed by atoms with van der Waals surface area (Å²) in [5.74, 6) is 1.93. The maximum absolute atomic E-state index is 13.5. The fourth-order valence-electron chi connectivity index (χ4n) is 4.94. The lowest BCUT2D eigenvalue weighted by atomic mass is 9.85. The van der Waals surface area contributed by atoms with Crippen LogP contribution in [0.5, 0.6) is 11.5 Å². The van der Waals surface area contributed by atoms with Crippen molar-refractivity contribution in [3.63, 3.8) is 0 Å². The van der Waals surface area contributed by atoms with Crippen LogP contribution in [0.2, 0.25) is 0 Å². The van der Waals surface area contributed by atoms with Gasteiger partial charge >= 0.3 is 0 Å². The van der Waals surface area contributed by atoms with E-state index in [1.54, 1.807) is 6.20 Å². The molecule has 3 aromatic carbocycles. The van der Waals surface area contributed by atoms with E-state index >= 15 is 0 Å². The van der Waals surface area contributed by atoms with E-state index < -0.39 is 0 Å². The Kier molecular flexibility index (Phi) is 6.66. The van der Waals surface area contributed by atoms with Crippen molar-refractivity contribution >= 4 is 11.6 Å². The van der Waals surface area contributed by atoms with Crippen LogP contribution in [0.1, 0.15) is 60.8 Å². The summed E-state index contributed by atoms with van der Waals surface area (Å²) in [6.45, 7) is 5.24. The second-order valence-corrected chi connectivity index (χ2v) is 9.42. The number of anilines is 1. The minimum absolute atomic E-state index is 0.0189. The molecule has 0 radical (unpaired) electrons. The van der Waals surface area contributed by atoms with Crippen molar-refractivity contribution in [1.82, 2.24) is 9.55 Å². The van der Waals surface area contributed by atoms with Crippen molar-refractivity contribution in [3.8, 4) is 11.5 Å². The first-order valence-electron chi connectivity index (χ1n) is 12.3. The highest BCUT2D eigenvalue weighted by atomic mass is 16.5. The average Bonchev–Trinajstić information content (AvgIpc) is 3.38. The Morgan fingerprint density at radius 2 is 1.71 bits per heavy atom. The highest BCUT2D eigenvalue weighted by Gasteiger charge is 2.29. The van der Waals surface area contributed by atoms with Gasteiger partial charge in [-0.1, -0.05) is 68.4 Å². The Morgan fingerprint density at radius 3 is 2.37 bits per heavy atom. The van der Waals surface area contributed by atoms with Gasteiger partial charge < -0.3 is 14.6 Å². The summed E-state index contributed by atoms with van der Waals surface area (Å²) < 4.78 is 8.20. The van der Waals surface area contributed by atoms with E-state index in [2.05, 4.69) is 59.0 Å². The molecule has 1 N–H and O–H groups in total. The lowest BCUT2D eigenvalue weighted by Gasteiger charge is -2.28. The van der Waals surface area contributed by atoms with Crippen molar-refractivity contribution in [2.45, 2.75) is 51.5 Å². The molecule has 35 heavy (non-hydrogen) atoms. The quantitative estimate of drug-likeness (QED) is 0.308. The molecule has 5 rings (SSSR count). The topological polar surface area (TPSA) is 56.2 Å². The van der Waals surface area contributed by atoms with Gasteiger partial charge in [-0.25, -0.2) is 4.98 Å². The zero-order chi connectivity index (χ0) is 24.2. The number of aromatic nitrogens is 2. The number of fused-ring (bicyclic) bond motifs is 2. The zero-order valence-corrected chi connectivity index (χ0v) is 20.3. The monoisotopic (exact) mass is 465 g/mol. The van der Waals surface area contributed by atoms with Crippen LogP contribution in [-0.2, 0) is 17.8 Å². The molecule has 0 bridgehead atoms. The predicted octanol–water partition coefficient (Wildman–Crippen LogP) is 6.91. The molecule has 5 heteroatoms. The van der Waals surface area contributed by atoms with Crippen LogP contribution >= 0.6 is 0 Å². The van der Waals surface area contributed by atoms with Gasteiger partial charge in [0.05, 0.1) is 6.33 Å². The van der Waals surface area contributed by atoms with Gasteiger partial charge in [0.2, 0.25) is 5.91 Å². The number of aryl methyl sites for hydroxylation is 2. The Bertz CT molecular complexity index is 1270. The van der Waals surface area contributed by atoms with E-state index in [4.69, 9.17) is 4.74 Å². The third-order valence-electron chi connectivity index (χ3n) is 6.69. The summed E-state index contributed by atoms with van der Waals surface area (Å²) in [4.78, 5) is 17.7. The number of para-hydroxylation sites is 3. The molecule has 1 aliphatic heterocycles. The first kappa shape index (κ1) is 22.9. The minimum Gasteiger partial charge on any atom is -0.457 e. The number of nitrogens with one attached hydrogen (secondary N) is 1. The largest absolute Gasteiger partial charge is 0.457 e. The Hall–Kier alpha value is -3.86. The molecule has 4 aromatic rings.